The second kappa shape index (κ2) is 7.62. The molecule has 21 heavy (non-hydrogen) atoms. The highest BCUT2D eigenvalue weighted by atomic mass is 16.2. The van der Waals surface area contributed by atoms with Crippen molar-refractivity contribution in [3.05, 3.63) is 0 Å². The topological polar surface area (TPSA) is 32.3 Å². The maximum Gasteiger partial charge on any atom is 0.241 e. The van der Waals surface area contributed by atoms with Crippen molar-refractivity contribution in [2.75, 3.05) is 6.54 Å². The van der Waals surface area contributed by atoms with Crippen molar-refractivity contribution in [1.29, 1.82) is 0 Å². The number of hydrogen-bond acceptors (Lipinski definition) is 2. The van der Waals surface area contributed by atoms with Crippen LogP contribution in [0, 0.1) is 17.8 Å². The Kier molecular flexibility index (Phi) is 6.09. The highest BCUT2D eigenvalue weighted by Crippen LogP contribution is 2.29. The molecule has 0 spiro atoms. The molecule has 3 nitrogen and oxygen atoms in total. The minimum absolute atomic E-state index is 0.0438. The summed E-state index contributed by atoms with van der Waals surface area (Å²) in [6, 6.07) is 0.0438. The summed E-state index contributed by atoms with van der Waals surface area (Å²) in [5.41, 5.74) is 0. The van der Waals surface area contributed by atoms with Gasteiger partial charge in [0.05, 0.1) is 12.2 Å². The van der Waals surface area contributed by atoms with Crippen LogP contribution in [0.15, 0.2) is 0 Å². The van der Waals surface area contributed by atoms with Gasteiger partial charge in [0.2, 0.25) is 5.91 Å². The van der Waals surface area contributed by atoms with Crippen molar-refractivity contribution in [2.45, 2.75) is 84.8 Å². The average molecular weight is 294 g/mol. The predicted molar refractivity (Wildman–Crippen MR) is 87.9 cm³/mol. The van der Waals surface area contributed by atoms with E-state index in [2.05, 4.69) is 37.9 Å². The van der Waals surface area contributed by atoms with Crippen molar-refractivity contribution >= 4 is 5.91 Å². The zero-order valence-corrected chi connectivity index (χ0v) is 14.4. The van der Waals surface area contributed by atoms with E-state index in [1.54, 1.807) is 0 Å². The van der Waals surface area contributed by atoms with Gasteiger partial charge < -0.3 is 4.90 Å². The van der Waals surface area contributed by atoms with Crippen LogP contribution in [0.25, 0.3) is 0 Å². The largest absolute Gasteiger partial charge is 0.326 e. The Morgan fingerprint density at radius 2 is 1.90 bits per heavy atom. The van der Waals surface area contributed by atoms with E-state index in [0.29, 0.717) is 17.7 Å². The Labute approximate surface area is 130 Å². The maximum absolute atomic E-state index is 12.8. The van der Waals surface area contributed by atoms with Crippen LogP contribution in [0.4, 0.5) is 0 Å². The molecule has 122 valence electrons. The van der Waals surface area contributed by atoms with Gasteiger partial charge in [-0.25, -0.2) is 0 Å². The Morgan fingerprint density at radius 3 is 2.48 bits per heavy atom. The molecule has 2 fully saturated rings. The van der Waals surface area contributed by atoms with Crippen molar-refractivity contribution in [3.63, 3.8) is 0 Å². The van der Waals surface area contributed by atoms with Crippen LogP contribution in [-0.2, 0) is 4.79 Å². The molecule has 0 aromatic rings. The standard InChI is InChI=1S/C18H34N2O/c1-5-14(4)17-18(21)20(16(19-17)12-13(2)3)11-10-15-8-6-7-9-15/h13-17,19H,5-12H2,1-4H3. The first kappa shape index (κ1) is 16.8. The minimum Gasteiger partial charge on any atom is -0.326 e. The van der Waals surface area contributed by atoms with Gasteiger partial charge in [-0.3, -0.25) is 10.1 Å². The van der Waals surface area contributed by atoms with Crippen LogP contribution in [0.5, 0.6) is 0 Å². The first-order chi connectivity index (χ1) is 10.0. The second-order valence-corrected chi connectivity index (χ2v) is 7.65. The molecule has 2 rings (SSSR count). The number of nitrogens with zero attached hydrogens (tertiary/aromatic N) is 1. The highest BCUT2D eigenvalue weighted by molar-refractivity contribution is 5.84. The van der Waals surface area contributed by atoms with E-state index < -0.39 is 0 Å². The third-order valence-electron chi connectivity index (χ3n) is 5.46. The van der Waals surface area contributed by atoms with Crippen LogP contribution in [0.2, 0.25) is 0 Å². The number of hydrogen-bond donors (Lipinski definition) is 1. The van der Waals surface area contributed by atoms with Crippen molar-refractivity contribution in [3.8, 4) is 0 Å². The lowest BCUT2D eigenvalue weighted by molar-refractivity contribution is -0.131. The van der Waals surface area contributed by atoms with Crippen LogP contribution >= 0.6 is 0 Å². The molecule has 1 amide bonds. The zero-order chi connectivity index (χ0) is 15.4. The van der Waals surface area contributed by atoms with Crippen LogP contribution in [-0.4, -0.2) is 29.6 Å². The molecule has 1 saturated carbocycles. The van der Waals surface area contributed by atoms with E-state index in [4.69, 9.17) is 0 Å². The minimum atomic E-state index is 0.0438. The van der Waals surface area contributed by atoms with Gasteiger partial charge in [-0.05, 0) is 30.6 Å². The van der Waals surface area contributed by atoms with Crippen LogP contribution in [0.1, 0.15) is 72.6 Å². The van der Waals surface area contributed by atoms with Crippen LogP contribution < -0.4 is 5.32 Å². The van der Waals surface area contributed by atoms with E-state index in [-0.39, 0.29) is 12.2 Å². The lowest BCUT2D eigenvalue weighted by atomic mass is 9.99. The Bertz CT molecular complexity index is 336. The third-order valence-corrected chi connectivity index (χ3v) is 5.46. The van der Waals surface area contributed by atoms with Crippen molar-refractivity contribution in [1.82, 2.24) is 10.2 Å². The van der Waals surface area contributed by atoms with E-state index in [9.17, 15) is 4.79 Å². The summed E-state index contributed by atoms with van der Waals surface area (Å²) in [6.45, 7) is 9.83. The molecule has 2 aliphatic rings. The lowest BCUT2D eigenvalue weighted by Gasteiger charge is -2.26. The van der Waals surface area contributed by atoms with Gasteiger partial charge in [0.15, 0.2) is 0 Å². The number of rotatable bonds is 7. The number of carbonyl (C=O) groups excluding carboxylic acids is 1. The fourth-order valence-corrected chi connectivity index (χ4v) is 3.87. The van der Waals surface area contributed by atoms with Crippen LogP contribution in [0.3, 0.4) is 0 Å². The fourth-order valence-electron chi connectivity index (χ4n) is 3.87. The molecule has 0 aromatic heterocycles. The number of amides is 1. The Morgan fingerprint density at radius 1 is 1.24 bits per heavy atom. The molecule has 0 bridgehead atoms. The summed E-state index contributed by atoms with van der Waals surface area (Å²) in [5.74, 6) is 2.27. The van der Waals surface area contributed by atoms with Crippen molar-refractivity contribution in [2.24, 2.45) is 17.8 Å². The smallest absolute Gasteiger partial charge is 0.241 e. The Hall–Kier alpha value is -0.570. The van der Waals surface area contributed by atoms with E-state index in [0.717, 1.165) is 25.3 Å². The van der Waals surface area contributed by atoms with Gasteiger partial charge >= 0.3 is 0 Å². The molecule has 1 saturated heterocycles. The summed E-state index contributed by atoms with van der Waals surface area (Å²) in [6.07, 6.45) is 9.13. The van der Waals surface area contributed by atoms with E-state index in [1.165, 1.54) is 32.1 Å². The molecule has 3 heteroatoms. The molecular weight excluding hydrogens is 260 g/mol. The maximum atomic E-state index is 12.8. The number of nitrogens with one attached hydrogen (secondary N) is 1. The summed E-state index contributed by atoms with van der Waals surface area (Å²) >= 11 is 0. The van der Waals surface area contributed by atoms with E-state index >= 15 is 0 Å². The molecule has 3 atom stereocenters. The Balaban J connectivity index is 1.96. The molecule has 3 unspecified atom stereocenters. The highest BCUT2D eigenvalue weighted by Gasteiger charge is 2.40. The second-order valence-electron chi connectivity index (χ2n) is 7.65. The van der Waals surface area contributed by atoms with Crippen molar-refractivity contribution < 1.29 is 4.79 Å². The first-order valence-electron chi connectivity index (χ1n) is 9.09. The molecule has 1 N–H and O–H groups in total. The van der Waals surface area contributed by atoms with E-state index in [1.807, 2.05) is 0 Å². The normalized spacial score (nSPS) is 28.8. The molecule has 0 radical (unpaired) electrons. The van der Waals surface area contributed by atoms with Gasteiger partial charge in [0.25, 0.3) is 0 Å². The summed E-state index contributed by atoms with van der Waals surface area (Å²) in [4.78, 5) is 14.9. The number of carbonyl (C=O) groups is 1. The van der Waals surface area contributed by atoms with Gasteiger partial charge in [-0.15, -0.1) is 0 Å². The summed E-state index contributed by atoms with van der Waals surface area (Å²) < 4.78 is 0. The fraction of sp³-hybridized carbons (Fsp3) is 0.944. The molecule has 0 aromatic carbocycles. The zero-order valence-electron chi connectivity index (χ0n) is 14.4. The lowest BCUT2D eigenvalue weighted by Crippen LogP contribution is -2.39. The van der Waals surface area contributed by atoms with Gasteiger partial charge in [0.1, 0.15) is 0 Å². The SMILES string of the molecule is CCC(C)C1NC(CC(C)C)N(CCC2CCCC2)C1=O. The molecule has 1 aliphatic heterocycles. The average Bonchev–Trinajstić information content (AvgIpc) is 3.04. The monoisotopic (exact) mass is 294 g/mol. The van der Waals surface area contributed by atoms with Gasteiger partial charge in [0, 0.05) is 6.54 Å². The van der Waals surface area contributed by atoms with Gasteiger partial charge in [-0.1, -0.05) is 59.8 Å². The van der Waals surface area contributed by atoms with Gasteiger partial charge in [-0.2, -0.15) is 0 Å². The first-order valence-corrected chi connectivity index (χ1v) is 9.09. The summed E-state index contributed by atoms with van der Waals surface area (Å²) in [7, 11) is 0. The molecule has 1 aliphatic carbocycles. The quantitative estimate of drug-likeness (QED) is 0.775. The predicted octanol–water partition coefficient (Wildman–Crippen LogP) is 3.79. The molecule has 1 heterocycles. The molecular formula is C18H34N2O. The summed E-state index contributed by atoms with van der Waals surface area (Å²) in [5, 5.41) is 3.62. The third kappa shape index (κ3) is 4.21.